The molecule has 3 rings (SSSR count). The van der Waals surface area contributed by atoms with Crippen LogP contribution in [0.15, 0.2) is 47.5 Å². The maximum Gasteiger partial charge on any atom is 0.191 e. The Hall–Kier alpha value is -2.97. The van der Waals surface area contributed by atoms with Gasteiger partial charge in [0.25, 0.3) is 0 Å². The summed E-state index contributed by atoms with van der Waals surface area (Å²) in [7, 11) is 6.76. The van der Waals surface area contributed by atoms with Gasteiger partial charge < -0.3 is 29.6 Å². The molecule has 1 aliphatic heterocycles. The number of morpholine rings is 1. The van der Waals surface area contributed by atoms with Crippen LogP contribution in [0, 0.1) is 0 Å². The molecule has 174 valence electrons. The minimum atomic E-state index is 0.133. The second-order valence-corrected chi connectivity index (χ2v) is 7.44. The lowest BCUT2D eigenvalue weighted by molar-refractivity contribution is 0.0169. The molecule has 2 N–H and O–H groups in total. The van der Waals surface area contributed by atoms with Crippen molar-refractivity contribution in [1.82, 2.24) is 15.5 Å². The lowest BCUT2D eigenvalue weighted by Crippen LogP contribution is -2.46. The highest BCUT2D eigenvalue weighted by atomic mass is 16.5. The van der Waals surface area contributed by atoms with Gasteiger partial charge in [0.05, 0.1) is 40.6 Å². The van der Waals surface area contributed by atoms with Crippen LogP contribution in [0.3, 0.4) is 0 Å². The van der Waals surface area contributed by atoms with Crippen LogP contribution in [-0.4, -0.2) is 72.1 Å². The molecule has 1 unspecified atom stereocenters. The zero-order chi connectivity index (χ0) is 22.8. The van der Waals surface area contributed by atoms with E-state index in [-0.39, 0.29) is 6.04 Å². The summed E-state index contributed by atoms with van der Waals surface area (Å²) in [5.41, 5.74) is 2.28. The van der Waals surface area contributed by atoms with E-state index in [2.05, 4.69) is 32.7 Å². The fourth-order valence-corrected chi connectivity index (χ4v) is 3.79. The van der Waals surface area contributed by atoms with E-state index < -0.39 is 0 Å². The monoisotopic (exact) mass is 442 g/mol. The third-order valence-corrected chi connectivity index (χ3v) is 5.56. The number of nitrogens with one attached hydrogen (secondary N) is 2. The number of aliphatic imine (C=N–C) groups is 1. The van der Waals surface area contributed by atoms with Crippen LogP contribution in [-0.2, 0) is 11.3 Å². The Balaban J connectivity index is 1.69. The molecule has 0 spiro atoms. The first-order valence-electron chi connectivity index (χ1n) is 10.8. The van der Waals surface area contributed by atoms with E-state index in [4.69, 9.17) is 18.9 Å². The molecule has 0 aromatic heterocycles. The van der Waals surface area contributed by atoms with Crippen LogP contribution < -0.4 is 24.8 Å². The highest BCUT2D eigenvalue weighted by molar-refractivity contribution is 5.79. The van der Waals surface area contributed by atoms with Crippen molar-refractivity contribution in [1.29, 1.82) is 0 Å². The molecular weight excluding hydrogens is 408 g/mol. The summed E-state index contributed by atoms with van der Waals surface area (Å²) in [6.45, 7) is 4.54. The Morgan fingerprint density at radius 3 is 2.47 bits per heavy atom. The van der Waals surface area contributed by atoms with E-state index in [1.807, 2.05) is 30.3 Å². The molecule has 8 nitrogen and oxygen atoms in total. The number of guanidine groups is 1. The maximum atomic E-state index is 5.57. The number of hydrogen-bond donors (Lipinski definition) is 2. The van der Waals surface area contributed by atoms with E-state index in [1.165, 1.54) is 0 Å². The molecule has 1 aliphatic rings. The van der Waals surface area contributed by atoms with Gasteiger partial charge in [0.1, 0.15) is 5.75 Å². The summed E-state index contributed by atoms with van der Waals surface area (Å²) in [5.74, 6) is 3.03. The first kappa shape index (κ1) is 23.7. The number of ether oxygens (including phenoxy) is 4. The molecule has 0 bridgehead atoms. The molecule has 0 saturated carbocycles. The number of nitrogens with zero attached hydrogens (tertiary/aromatic N) is 2. The Bertz CT molecular complexity index is 884. The van der Waals surface area contributed by atoms with Gasteiger partial charge >= 0.3 is 0 Å². The van der Waals surface area contributed by atoms with Crippen molar-refractivity contribution >= 4 is 5.96 Å². The summed E-state index contributed by atoms with van der Waals surface area (Å²) < 4.78 is 21.8. The predicted molar refractivity (Wildman–Crippen MR) is 126 cm³/mol. The molecule has 2 aromatic rings. The molecule has 32 heavy (non-hydrogen) atoms. The largest absolute Gasteiger partial charge is 0.497 e. The van der Waals surface area contributed by atoms with Crippen LogP contribution in [0.25, 0.3) is 0 Å². The van der Waals surface area contributed by atoms with Crippen molar-refractivity contribution < 1.29 is 18.9 Å². The molecule has 0 amide bonds. The van der Waals surface area contributed by atoms with Crippen molar-refractivity contribution in [3.8, 4) is 17.2 Å². The van der Waals surface area contributed by atoms with Gasteiger partial charge in [-0.3, -0.25) is 9.89 Å². The number of hydrogen-bond acceptors (Lipinski definition) is 6. The third kappa shape index (κ3) is 6.27. The molecule has 1 atom stereocenters. The maximum absolute atomic E-state index is 5.57. The first-order chi connectivity index (χ1) is 15.7. The van der Waals surface area contributed by atoms with Gasteiger partial charge in [0, 0.05) is 33.2 Å². The summed E-state index contributed by atoms with van der Waals surface area (Å²) in [4.78, 5) is 6.82. The summed E-state index contributed by atoms with van der Waals surface area (Å²) in [5, 5.41) is 6.87. The normalized spacial score (nSPS) is 15.7. The van der Waals surface area contributed by atoms with Crippen LogP contribution >= 0.6 is 0 Å². The molecule has 0 radical (unpaired) electrons. The fraction of sp³-hybridized carbons (Fsp3) is 0.458. The predicted octanol–water partition coefficient (Wildman–Crippen LogP) is 2.45. The summed E-state index contributed by atoms with van der Waals surface area (Å²) in [6, 6.07) is 14.2. The van der Waals surface area contributed by atoms with Gasteiger partial charge in [0.2, 0.25) is 0 Å². The third-order valence-electron chi connectivity index (χ3n) is 5.56. The van der Waals surface area contributed by atoms with Gasteiger partial charge in [-0.05, 0) is 35.4 Å². The first-order valence-corrected chi connectivity index (χ1v) is 10.8. The zero-order valence-corrected chi connectivity index (χ0v) is 19.4. The lowest BCUT2D eigenvalue weighted by Gasteiger charge is -2.35. The minimum absolute atomic E-state index is 0.133. The van der Waals surface area contributed by atoms with Gasteiger partial charge in [-0.1, -0.05) is 18.2 Å². The standard InChI is InChI=1S/C24H34N4O4/c1-25-24(26-16-18-6-5-7-20(14-18)29-2)27-17-21(28-10-12-32-13-11-28)19-8-9-22(30-3)23(15-19)31-4/h5-9,14-15,21H,10-13,16-17H2,1-4H3,(H2,25,26,27). The number of benzene rings is 2. The van der Waals surface area contributed by atoms with Crippen LogP contribution in [0.5, 0.6) is 17.2 Å². The van der Waals surface area contributed by atoms with E-state index in [0.717, 1.165) is 60.6 Å². The van der Waals surface area contributed by atoms with Crippen molar-refractivity contribution in [3.63, 3.8) is 0 Å². The Labute approximate surface area is 190 Å². The van der Waals surface area contributed by atoms with Gasteiger partial charge in [-0.25, -0.2) is 0 Å². The van der Waals surface area contributed by atoms with Gasteiger partial charge in [-0.2, -0.15) is 0 Å². The van der Waals surface area contributed by atoms with Crippen molar-refractivity contribution in [2.75, 3.05) is 61.2 Å². The number of methoxy groups -OCH3 is 3. The second-order valence-electron chi connectivity index (χ2n) is 7.44. The van der Waals surface area contributed by atoms with Crippen molar-refractivity contribution in [2.24, 2.45) is 4.99 Å². The van der Waals surface area contributed by atoms with E-state index in [0.29, 0.717) is 13.1 Å². The smallest absolute Gasteiger partial charge is 0.191 e. The van der Waals surface area contributed by atoms with Crippen LogP contribution in [0.2, 0.25) is 0 Å². The lowest BCUT2D eigenvalue weighted by atomic mass is 10.0. The molecule has 1 heterocycles. The molecule has 1 saturated heterocycles. The van der Waals surface area contributed by atoms with Gasteiger partial charge in [0.15, 0.2) is 17.5 Å². The highest BCUT2D eigenvalue weighted by Crippen LogP contribution is 2.32. The molecular formula is C24H34N4O4. The topological polar surface area (TPSA) is 76.6 Å². The second kappa shape index (κ2) is 12.2. The van der Waals surface area contributed by atoms with Crippen LogP contribution in [0.1, 0.15) is 17.2 Å². The summed E-state index contributed by atoms with van der Waals surface area (Å²) >= 11 is 0. The Morgan fingerprint density at radius 2 is 1.78 bits per heavy atom. The highest BCUT2D eigenvalue weighted by Gasteiger charge is 2.24. The minimum Gasteiger partial charge on any atom is -0.497 e. The van der Waals surface area contributed by atoms with Crippen LogP contribution in [0.4, 0.5) is 0 Å². The average molecular weight is 443 g/mol. The van der Waals surface area contributed by atoms with Crippen molar-refractivity contribution in [3.05, 3.63) is 53.6 Å². The van der Waals surface area contributed by atoms with E-state index in [1.54, 1.807) is 28.4 Å². The molecule has 1 fully saturated rings. The van der Waals surface area contributed by atoms with Crippen molar-refractivity contribution in [2.45, 2.75) is 12.6 Å². The Kier molecular flexibility index (Phi) is 9.01. The SMILES string of the molecule is CN=C(NCc1cccc(OC)c1)NCC(c1ccc(OC)c(OC)c1)N1CCOCC1. The molecule has 2 aromatic carbocycles. The summed E-state index contributed by atoms with van der Waals surface area (Å²) in [6.07, 6.45) is 0. The average Bonchev–Trinajstić information content (AvgIpc) is 2.86. The zero-order valence-electron chi connectivity index (χ0n) is 19.4. The quantitative estimate of drug-likeness (QED) is 0.456. The van der Waals surface area contributed by atoms with Gasteiger partial charge in [-0.15, -0.1) is 0 Å². The molecule has 8 heteroatoms. The Morgan fingerprint density at radius 1 is 1.00 bits per heavy atom. The molecule has 0 aliphatic carbocycles. The number of rotatable bonds is 9. The van der Waals surface area contributed by atoms with E-state index in [9.17, 15) is 0 Å². The fourth-order valence-electron chi connectivity index (χ4n) is 3.79. The van der Waals surface area contributed by atoms with E-state index >= 15 is 0 Å².